The fourth-order valence-corrected chi connectivity index (χ4v) is 3.07. The summed E-state index contributed by atoms with van der Waals surface area (Å²) in [6, 6.07) is 3.93. The molecule has 0 saturated carbocycles. The van der Waals surface area contributed by atoms with Gasteiger partial charge in [0.25, 0.3) is 0 Å². The summed E-state index contributed by atoms with van der Waals surface area (Å²) in [6.07, 6.45) is 3.87. The Hall–Kier alpha value is -1.33. The van der Waals surface area contributed by atoms with E-state index >= 15 is 0 Å². The van der Waals surface area contributed by atoms with Crippen molar-refractivity contribution >= 4 is 5.91 Å². The average molecular weight is 277 g/mol. The van der Waals surface area contributed by atoms with E-state index in [4.69, 9.17) is 4.42 Å². The summed E-state index contributed by atoms with van der Waals surface area (Å²) in [6.45, 7) is 6.32. The maximum atomic E-state index is 12.4. The molecule has 2 saturated heterocycles. The topological polar surface area (TPSA) is 48.7 Å². The molecule has 0 bridgehead atoms. The maximum Gasteiger partial charge on any atom is 0.227 e. The van der Waals surface area contributed by atoms with Crippen LogP contribution in [0.5, 0.6) is 0 Å². The molecule has 2 aliphatic heterocycles. The number of furan rings is 1. The average Bonchev–Trinajstić information content (AvgIpc) is 3.01. The zero-order valence-electron chi connectivity index (χ0n) is 11.9. The van der Waals surface area contributed by atoms with Crippen molar-refractivity contribution in [3.63, 3.8) is 0 Å². The van der Waals surface area contributed by atoms with Gasteiger partial charge in [-0.1, -0.05) is 0 Å². The molecule has 0 unspecified atom stereocenters. The number of nitrogens with zero attached hydrogens (tertiary/aromatic N) is 2. The lowest BCUT2D eigenvalue weighted by atomic mass is 9.98. The highest BCUT2D eigenvalue weighted by Gasteiger charge is 2.28. The third-order valence-electron chi connectivity index (χ3n) is 4.29. The van der Waals surface area contributed by atoms with Crippen LogP contribution >= 0.6 is 0 Å². The van der Waals surface area contributed by atoms with E-state index in [0.717, 1.165) is 64.4 Å². The van der Waals surface area contributed by atoms with Gasteiger partial charge in [-0.2, -0.15) is 0 Å². The van der Waals surface area contributed by atoms with E-state index in [1.165, 1.54) is 0 Å². The number of carbonyl (C=O) groups excluding carboxylic acids is 1. The van der Waals surface area contributed by atoms with Crippen LogP contribution in [0.15, 0.2) is 22.8 Å². The Bertz CT molecular complexity index is 418. The molecule has 2 fully saturated rings. The summed E-state index contributed by atoms with van der Waals surface area (Å²) in [4.78, 5) is 16.8. The number of carbonyl (C=O) groups is 1. The number of hydrogen-bond donors (Lipinski definition) is 1. The molecule has 0 spiro atoms. The molecule has 1 amide bonds. The largest absolute Gasteiger partial charge is 0.468 e. The second-order valence-corrected chi connectivity index (χ2v) is 5.72. The van der Waals surface area contributed by atoms with Gasteiger partial charge in [-0.3, -0.25) is 9.69 Å². The van der Waals surface area contributed by atoms with Crippen LogP contribution in [0.4, 0.5) is 0 Å². The van der Waals surface area contributed by atoms with Gasteiger partial charge >= 0.3 is 0 Å². The number of rotatable bonds is 3. The third-order valence-corrected chi connectivity index (χ3v) is 4.29. The first-order valence-corrected chi connectivity index (χ1v) is 7.57. The highest BCUT2D eigenvalue weighted by Crippen LogP contribution is 2.16. The molecule has 0 aliphatic carbocycles. The third kappa shape index (κ3) is 3.22. The number of nitrogens with one attached hydrogen (secondary N) is 1. The highest BCUT2D eigenvalue weighted by molar-refractivity contribution is 5.79. The Kier molecular flexibility index (Phi) is 4.38. The van der Waals surface area contributed by atoms with Gasteiger partial charge in [-0.15, -0.1) is 0 Å². The second-order valence-electron chi connectivity index (χ2n) is 5.72. The SMILES string of the molecule is O=C([C@@H]1CCCNC1)N1CCN(Cc2ccco2)CC1. The Morgan fingerprint density at radius 1 is 1.35 bits per heavy atom. The summed E-state index contributed by atoms with van der Waals surface area (Å²) < 4.78 is 5.38. The van der Waals surface area contributed by atoms with Crippen LogP contribution in [0, 0.1) is 5.92 Å². The van der Waals surface area contributed by atoms with E-state index in [9.17, 15) is 4.79 Å². The van der Waals surface area contributed by atoms with Gasteiger partial charge in [-0.25, -0.2) is 0 Å². The Morgan fingerprint density at radius 3 is 2.85 bits per heavy atom. The number of piperazine rings is 1. The predicted molar refractivity (Wildman–Crippen MR) is 76.2 cm³/mol. The van der Waals surface area contributed by atoms with Crippen LogP contribution in [0.3, 0.4) is 0 Å². The normalized spacial score (nSPS) is 24.8. The van der Waals surface area contributed by atoms with Gasteiger partial charge in [0, 0.05) is 32.7 Å². The van der Waals surface area contributed by atoms with E-state index in [1.807, 2.05) is 17.0 Å². The zero-order chi connectivity index (χ0) is 13.8. The predicted octanol–water partition coefficient (Wildman–Crippen LogP) is 0.923. The lowest BCUT2D eigenvalue weighted by Gasteiger charge is -2.36. The second kappa shape index (κ2) is 6.41. The van der Waals surface area contributed by atoms with E-state index < -0.39 is 0 Å². The number of hydrogen-bond acceptors (Lipinski definition) is 4. The molecule has 20 heavy (non-hydrogen) atoms. The number of amides is 1. The van der Waals surface area contributed by atoms with Crippen LogP contribution < -0.4 is 5.32 Å². The van der Waals surface area contributed by atoms with Gasteiger partial charge in [0.2, 0.25) is 5.91 Å². The monoisotopic (exact) mass is 277 g/mol. The van der Waals surface area contributed by atoms with E-state index in [0.29, 0.717) is 5.91 Å². The first-order valence-electron chi connectivity index (χ1n) is 7.57. The molecule has 1 N–H and O–H groups in total. The smallest absolute Gasteiger partial charge is 0.227 e. The molecule has 3 rings (SSSR count). The van der Waals surface area contributed by atoms with Crippen molar-refractivity contribution in [2.75, 3.05) is 39.3 Å². The molecule has 2 aliphatic rings. The summed E-state index contributed by atoms with van der Waals surface area (Å²) >= 11 is 0. The van der Waals surface area contributed by atoms with E-state index in [-0.39, 0.29) is 5.92 Å². The van der Waals surface area contributed by atoms with Crippen molar-refractivity contribution in [3.05, 3.63) is 24.2 Å². The van der Waals surface area contributed by atoms with Crippen LogP contribution in [0.25, 0.3) is 0 Å². The minimum absolute atomic E-state index is 0.195. The van der Waals surface area contributed by atoms with Crippen molar-refractivity contribution in [1.29, 1.82) is 0 Å². The summed E-state index contributed by atoms with van der Waals surface area (Å²) in [5.74, 6) is 1.54. The first-order chi connectivity index (χ1) is 9.83. The molecular formula is C15H23N3O2. The van der Waals surface area contributed by atoms with Crippen molar-refractivity contribution in [3.8, 4) is 0 Å². The van der Waals surface area contributed by atoms with Crippen molar-refractivity contribution < 1.29 is 9.21 Å². The quantitative estimate of drug-likeness (QED) is 0.893. The van der Waals surface area contributed by atoms with E-state index in [1.54, 1.807) is 6.26 Å². The van der Waals surface area contributed by atoms with Gasteiger partial charge in [0.05, 0.1) is 18.7 Å². The molecule has 5 nitrogen and oxygen atoms in total. The van der Waals surface area contributed by atoms with Gasteiger partial charge < -0.3 is 14.6 Å². The van der Waals surface area contributed by atoms with Gasteiger partial charge in [0.15, 0.2) is 0 Å². The van der Waals surface area contributed by atoms with Crippen LogP contribution in [-0.4, -0.2) is 55.0 Å². The number of piperidine rings is 1. The lowest BCUT2D eigenvalue weighted by molar-refractivity contribution is -0.137. The van der Waals surface area contributed by atoms with Crippen LogP contribution in [-0.2, 0) is 11.3 Å². The maximum absolute atomic E-state index is 12.4. The van der Waals surface area contributed by atoms with Crippen LogP contribution in [0.1, 0.15) is 18.6 Å². The Morgan fingerprint density at radius 2 is 2.20 bits per heavy atom. The minimum Gasteiger partial charge on any atom is -0.468 e. The molecule has 1 aromatic heterocycles. The van der Waals surface area contributed by atoms with Gasteiger partial charge in [0.1, 0.15) is 5.76 Å². The first kappa shape index (κ1) is 13.6. The Balaban J connectivity index is 1.46. The molecule has 1 aromatic rings. The summed E-state index contributed by atoms with van der Waals surface area (Å²) in [7, 11) is 0. The molecule has 0 radical (unpaired) electrons. The lowest BCUT2D eigenvalue weighted by Crippen LogP contribution is -2.51. The van der Waals surface area contributed by atoms with Crippen molar-refractivity contribution in [1.82, 2.24) is 15.1 Å². The minimum atomic E-state index is 0.195. The van der Waals surface area contributed by atoms with Crippen molar-refractivity contribution in [2.24, 2.45) is 5.92 Å². The molecule has 110 valence electrons. The van der Waals surface area contributed by atoms with Crippen molar-refractivity contribution in [2.45, 2.75) is 19.4 Å². The van der Waals surface area contributed by atoms with E-state index in [2.05, 4.69) is 10.2 Å². The molecule has 5 heteroatoms. The van der Waals surface area contributed by atoms with Crippen LogP contribution in [0.2, 0.25) is 0 Å². The molecule has 1 atom stereocenters. The summed E-state index contributed by atoms with van der Waals surface area (Å²) in [5, 5.41) is 3.32. The highest BCUT2D eigenvalue weighted by atomic mass is 16.3. The fourth-order valence-electron chi connectivity index (χ4n) is 3.07. The standard InChI is InChI=1S/C15H23N3O2/c19-15(13-3-1-5-16-11-13)18-8-6-17(7-9-18)12-14-4-2-10-20-14/h2,4,10,13,16H,1,3,5-9,11-12H2/t13-/m1/s1. The summed E-state index contributed by atoms with van der Waals surface area (Å²) in [5.41, 5.74) is 0. The van der Waals surface area contributed by atoms with Gasteiger partial charge in [-0.05, 0) is 31.5 Å². The molecule has 0 aromatic carbocycles. The fraction of sp³-hybridized carbons (Fsp3) is 0.667. The Labute approximate surface area is 119 Å². The zero-order valence-corrected chi connectivity index (χ0v) is 11.9. The molecule has 3 heterocycles. The molecular weight excluding hydrogens is 254 g/mol.